The van der Waals surface area contributed by atoms with Crippen LogP contribution in [0.4, 0.5) is 13.2 Å². The van der Waals surface area contributed by atoms with Crippen LogP contribution in [-0.2, 0) is 11.8 Å². The van der Waals surface area contributed by atoms with Gasteiger partial charge in [0.15, 0.2) is 0 Å². The van der Waals surface area contributed by atoms with E-state index in [-0.39, 0.29) is 16.7 Å². The average molecular weight is 317 g/mol. The van der Waals surface area contributed by atoms with Crippen LogP contribution in [0.3, 0.4) is 0 Å². The van der Waals surface area contributed by atoms with E-state index in [1.807, 2.05) is 40.7 Å². The Kier molecular flexibility index (Phi) is 5.55. The van der Waals surface area contributed by atoms with E-state index in [2.05, 4.69) is 4.74 Å². The van der Waals surface area contributed by atoms with Crippen LogP contribution in [0.1, 0.15) is 58.6 Å². The number of halogens is 3. The maximum Gasteiger partial charge on any atom is 0.573 e. The molecule has 0 aliphatic heterocycles. The zero-order valence-corrected chi connectivity index (χ0v) is 14.0. The van der Waals surface area contributed by atoms with Gasteiger partial charge >= 0.3 is 6.36 Å². The van der Waals surface area contributed by atoms with Gasteiger partial charge in [0.25, 0.3) is 0 Å². The lowest BCUT2D eigenvalue weighted by Gasteiger charge is -2.22. The van der Waals surface area contributed by atoms with Crippen molar-refractivity contribution in [2.75, 3.05) is 0 Å². The number of nitrogens with two attached hydrogens (primary N) is 1. The van der Waals surface area contributed by atoms with E-state index in [1.165, 1.54) is 12.1 Å². The summed E-state index contributed by atoms with van der Waals surface area (Å²) < 4.78 is 41.5. The van der Waals surface area contributed by atoms with Crippen LogP contribution in [0.2, 0.25) is 0 Å². The third-order valence-corrected chi connectivity index (χ3v) is 3.35. The van der Waals surface area contributed by atoms with Crippen LogP contribution in [0.15, 0.2) is 18.2 Å². The van der Waals surface area contributed by atoms with Gasteiger partial charge in [-0.05, 0) is 61.8 Å². The molecule has 2 nitrogen and oxygen atoms in total. The highest BCUT2D eigenvalue weighted by molar-refractivity contribution is 5.38. The van der Waals surface area contributed by atoms with Gasteiger partial charge in [-0.2, -0.15) is 0 Å². The SMILES string of the molecule is CC(C)(N)CCCc1cc(OC(F)(F)F)cc(C(C)(C)C)c1. The number of hydrogen-bond acceptors (Lipinski definition) is 2. The lowest BCUT2D eigenvalue weighted by molar-refractivity contribution is -0.274. The van der Waals surface area contributed by atoms with Gasteiger partial charge in [0.1, 0.15) is 5.75 Å². The topological polar surface area (TPSA) is 35.2 Å². The molecule has 0 heterocycles. The van der Waals surface area contributed by atoms with Crippen LogP contribution < -0.4 is 10.5 Å². The molecule has 0 aromatic heterocycles. The molecule has 1 rings (SSSR count). The van der Waals surface area contributed by atoms with E-state index >= 15 is 0 Å². The molecular weight excluding hydrogens is 291 g/mol. The Morgan fingerprint density at radius 3 is 2.05 bits per heavy atom. The van der Waals surface area contributed by atoms with Crippen LogP contribution in [0.5, 0.6) is 5.75 Å². The van der Waals surface area contributed by atoms with Crippen LogP contribution in [-0.4, -0.2) is 11.9 Å². The molecule has 0 aliphatic rings. The number of rotatable bonds is 5. The minimum absolute atomic E-state index is 0.151. The molecule has 126 valence electrons. The van der Waals surface area contributed by atoms with Gasteiger partial charge in [-0.25, -0.2) is 0 Å². The maximum absolute atomic E-state index is 12.5. The van der Waals surface area contributed by atoms with Crippen molar-refractivity contribution in [1.29, 1.82) is 0 Å². The lowest BCUT2D eigenvalue weighted by Crippen LogP contribution is -2.31. The zero-order valence-electron chi connectivity index (χ0n) is 14.0. The summed E-state index contributed by atoms with van der Waals surface area (Å²) in [5, 5.41) is 0. The molecule has 0 saturated heterocycles. The molecule has 0 amide bonds. The van der Waals surface area contributed by atoms with Crippen molar-refractivity contribution >= 4 is 0 Å². The van der Waals surface area contributed by atoms with Crippen LogP contribution in [0, 0.1) is 0 Å². The molecule has 1 aromatic rings. The van der Waals surface area contributed by atoms with Crippen molar-refractivity contribution in [1.82, 2.24) is 0 Å². The first-order valence-corrected chi connectivity index (χ1v) is 7.45. The Balaban J connectivity index is 2.98. The standard InChI is InChI=1S/C17H26F3NO/c1-15(2,3)13-9-12(7-6-8-16(4,5)21)10-14(11-13)22-17(18,19)20/h9-11H,6-8,21H2,1-5H3. The molecule has 0 atom stereocenters. The molecule has 0 bridgehead atoms. The Hall–Kier alpha value is -1.23. The lowest BCUT2D eigenvalue weighted by atomic mass is 9.85. The van der Waals surface area contributed by atoms with Crippen molar-refractivity contribution in [2.45, 2.75) is 71.2 Å². The number of alkyl halides is 3. The van der Waals surface area contributed by atoms with Crippen LogP contribution in [0.25, 0.3) is 0 Å². The summed E-state index contributed by atoms with van der Waals surface area (Å²) in [4.78, 5) is 0. The monoisotopic (exact) mass is 317 g/mol. The molecule has 2 N–H and O–H groups in total. The molecule has 0 unspecified atom stereocenters. The fourth-order valence-electron chi connectivity index (χ4n) is 2.18. The first kappa shape index (κ1) is 18.8. The summed E-state index contributed by atoms with van der Waals surface area (Å²) in [7, 11) is 0. The molecule has 0 spiro atoms. The van der Waals surface area contributed by atoms with Crippen molar-refractivity contribution in [3.63, 3.8) is 0 Å². The Labute approximate surface area is 130 Å². The molecule has 1 aromatic carbocycles. The number of hydrogen-bond donors (Lipinski definition) is 1. The number of ether oxygens (including phenoxy) is 1. The van der Waals surface area contributed by atoms with Crippen molar-refractivity contribution < 1.29 is 17.9 Å². The molecular formula is C17H26F3NO. The van der Waals surface area contributed by atoms with Gasteiger partial charge in [-0.1, -0.05) is 26.8 Å². The molecule has 0 aliphatic carbocycles. The largest absolute Gasteiger partial charge is 0.573 e. The summed E-state index contributed by atoms with van der Waals surface area (Å²) in [6, 6.07) is 4.88. The second kappa shape index (κ2) is 6.49. The fraction of sp³-hybridized carbons (Fsp3) is 0.647. The van der Waals surface area contributed by atoms with Crippen molar-refractivity contribution in [3.8, 4) is 5.75 Å². The van der Waals surface area contributed by atoms with E-state index < -0.39 is 6.36 Å². The predicted octanol–water partition coefficient (Wildman–Crippen LogP) is 4.94. The normalized spacial score (nSPS) is 13.3. The quantitative estimate of drug-likeness (QED) is 0.834. The Morgan fingerprint density at radius 1 is 1.00 bits per heavy atom. The van der Waals surface area contributed by atoms with Crippen LogP contribution >= 0.6 is 0 Å². The Bertz CT molecular complexity index is 496. The zero-order chi connectivity index (χ0) is 17.2. The van der Waals surface area contributed by atoms with Crippen molar-refractivity contribution in [2.24, 2.45) is 5.73 Å². The maximum atomic E-state index is 12.5. The van der Waals surface area contributed by atoms with Crippen molar-refractivity contribution in [3.05, 3.63) is 29.3 Å². The first-order valence-electron chi connectivity index (χ1n) is 7.45. The van der Waals surface area contributed by atoms with E-state index in [1.54, 1.807) is 0 Å². The first-order chi connectivity index (χ1) is 9.76. The van der Waals surface area contributed by atoms with Gasteiger partial charge in [0.05, 0.1) is 0 Å². The van der Waals surface area contributed by atoms with Gasteiger partial charge in [-0.15, -0.1) is 13.2 Å². The third-order valence-electron chi connectivity index (χ3n) is 3.35. The summed E-state index contributed by atoms with van der Waals surface area (Å²) in [5.74, 6) is -0.151. The smallest absolute Gasteiger partial charge is 0.406 e. The number of benzene rings is 1. The highest BCUT2D eigenvalue weighted by Crippen LogP contribution is 2.31. The summed E-state index contributed by atoms with van der Waals surface area (Å²) in [6.07, 6.45) is -2.36. The van der Waals surface area contributed by atoms with Gasteiger partial charge in [0, 0.05) is 5.54 Å². The minimum atomic E-state index is -4.67. The summed E-state index contributed by atoms with van der Waals surface area (Å²) in [6.45, 7) is 9.78. The minimum Gasteiger partial charge on any atom is -0.406 e. The van der Waals surface area contributed by atoms with E-state index in [0.29, 0.717) is 6.42 Å². The average Bonchev–Trinajstić information content (AvgIpc) is 2.23. The highest BCUT2D eigenvalue weighted by Gasteiger charge is 2.31. The van der Waals surface area contributed by atoms with E-state index in [0.717, 1.165) is 24.0 Å². The summed E-state index contributed by atoms with van der Waals surface area (Å²) in [5.41, 5.74) is 7.10. The van der Waals surface area contributed by atoms with E-state index in [4.69, 9.17) is 5.73 Å². The van der Waals surface area contributed by atoms with E-state index in [9.17, 15) is 13.2 Å². The van der Waals surface area contributed by atoms with Gasteiger partial charge in [0.2, 0.25) is 0 Å². The highest BCUT2D eigenvalue weighted by atomic mass is 19.4. The predicted molar refractivity (Wildman–Crippen MR) is 83.0 cm³/mol. The number of aryl methyl sites for hydroxylation is 1. The third kappa shape index (κ3) is 7.16. The molecule has 0 fully saturated rings. The van der Waals surface area contributed by atoms with Gasteiger partial charge in [-0.3, -0.25) is 0 Å². The fourth-order valence-corrected chi connectivity index (χ4v) is 2.18. The molecule has 5 heteroatoms. The molecule has 0 saturated carbocycles. The van der Waals surface area contributed by atoms with Gasteiger partial charge < -0.3 is 10.5 Å². The molecule has 22 heavy (non-hydrogen) atoms. The second-order valence-corrected chi connectivity index (χ2v) is 7.51. The second-order valence-electron chi connectivity index (χ2n) is 7.51. The molecule has 0 radical (unpaired) electrons. The Morgan fingerprint density at radius 2 is 1.59 bits per heavy atom. The summed E-state index contributed by atoms with van der Waals surface area (Å²) >= 11 is 0.